The van der Waals surface area contributed by atoms with Crippen LogP contribution in [-0.2, 0) is 20.8 Å². The molecular formula is C40H62IN2O4-. The summed E-state index contributed by atoms with van der Waals surface area (Å²) in [5.74, 6) is 2.74. The Labute approximate surface area is 296 Å². The quantitative estimate of drug-likeness (QED) is 0.0382. The van der Waals surface area contributed by atoms with Crippen LogP contribution in [0, 0.1) is 30.1 Å². The summed E-state index contributed by atoms with van der Waals surface area (Å²) < 4.78 is 1.16. The molecule has 0 unspecified atom stereocenters. The second-order valence-corrected chi connectivity index (χ2v) is 16.6. The molecule has 1 saturated carbocycles. The molecule has 1 aliphatic rings. The van der Waals surface area contributed by atoms with Crippen LogP contribution >= 0.6 is 0 Å². The van der Waals surface area contributed by atoms with Crippen molar-refractivity contribution >= 4 is 15.6 Å². The summed E-state index contributed by atoms with van der Waals surface area (Å²) in [6.07, 6.45) is 20.7. The van der Waals surface area contributed by atoms with E-state index in [1.807, 2.05) is 50.3 Å². The number of carbonyl (C=O) groups is 3. The van der Waals surface area contributed by atoms with Crippen LogP contribution in [0.3, 0.4) is 0 Å². The van der Waals surface area contributed by atoms with E-state index in [2.05, 4.69) is 30.4 Å². The van der Waals surface area contributed by atoms with Crippen LogP contribution in [0.4, 0.5) is 0 Å². The van der Waals surface area contributed by atoms with Gasteiger partial charge in [0.2, 0.25) is 0 Å². The van der Waals surface area contributed by atoms with Gasteiger partial charge in [-0.25, -0.2) is 0 Å². The number of hydrogen-bond acceptors (Lipinski definition) is 4. The molecule has 7 heteroatoms. The maximum absolute atomic E-state index is 14.0. The van der Waals surface area contributed by atoms with E-state index < -0.39 is 45.3 Å². The van der Waals surface area contributed by atoms with Gasteiger partial charge in [0.25, 0.3) is 0 Å². The van der Waals surface area contributed by atoms with Gasteiger partial charge < -0.3 is 0 Å². The van der Waals surface area contributed by atoms with Gasteiger partial charge in [-0.2, -0.15) is 0 Å². The van der Waals surface area contributed by atoms with Gasteiger partial charge in [0, 0.05) is 6.42 Å². The van der Waals surface area contributed by atoms with Crippen molar-refractivity contribution in [3.8, 4) is 12.3 Å². The summed E-state index contributed by atoms with van der Waals surface area (Å²) in [4.78, 5) is 41.1. The third-order valence-electron chi connectivity index (χ3n) is 9.82. The molecule has 1 fully saturated rings. The Morgan fingerprint density at radius 3 is 2.34 bits per heavy atom. The molecule has 264 valence electrons. The fraction of sp³-hybridized carbons (Fsp3) is 0.675. The molecule has 6 nitrogen and oxygen atoms in total. The number of alkyl halides is 1. The topological polar surface area (TPSA) is 95.5 Å². The van der Waals surface area contributed by atoms with Crippen LogP contribution < -0.4 is 31.8 Å². The summed E-state index contributed by atoms with van der Waals surface area (Å²) in [5.41, 5.74) is 1.99. The Hall–Kier alpha value is -2.18. The van der Waals surface area contributed by atoms with Crippen LogP contribution in [-0.4, -0.2) is 43.3 Å². The summed E-state index contributed by atoms with van der Waals surface area (Å²) in [7, 11) is 0. The molecule has 4 atom stereocenters. The van der Waals surface area contributed by atoms with E-state index in [0.717, 1.165) is 53.6 Å². The summed E-state index contributed by atoms with van der Waals surface area (Å²) in [6.45, 7) is 8.34. The maximum atomic E-state index is 14.0. The Morgan fingerprint density at radius 1 is 1.00 bits per heavy atom. The van der Waals surface area contributed by atoms with Crippen molar-refractivity contribution in [3.63, 3.8) is 0 Å². The SMILES string of the molecule is C#CCCC[C@H](O)[C@H](CC1CCCCC1)NC(=O)[C@H](C/C(C)=C/C)NC(=O)[C@@H](CC(=O)[I-]CCCC(CC)CC)Cc1ccccc1. The van der Waals surface area contributed by atoms with Gasteiger partial charge in [-0.05, 0) is 0 Å². The third-order valence-corrected chi connectivity index (χ3v) is 12.4. The molecule has 1 aliphatic carbocycles. The Bertz CT molecular complexity index is 1120. The predicted octanol–water partition coefficient (Wildman–Crippen LogP) is 4.53. The minimum atomic E-state index is -0.798. The van der Waals surface area contributed by atoms with E-state index in [0.29, 0.717) is 38.0 Å². The van der Waals surface area contributed by atoms with Crippen LogP contribution in [0.2, 0.25) is 0 Å². The summed E-state index contributed by atoms with van der Waals surface area (Å²) in [5, 5.41) is 17.4. The zero-order valence-corrected chi connectivity index (χ0v) is 31.7. The zero-order chi connectivity index (χ0) is 34.4. The van der Waals surface area contributed by atoms with E-state index in [9.17, 15) is 19.5 Å². The van der Waals surface area contributed by atoms with Gasteiger partial charge in [0.15, 0.2) is 0 Å². The number of allylic oxidation sites excluding steroid dienone is 1. The molecule has 0 bridgehead atoms. The van der Waals surface area contributed by atoms with Crippen molar-refractivity contribution in [1.29, 1.82) is 0 Å². The number of aliphatic hydroxyl groups is 1. The molecule has 0 heterocycles. The van der Waals surface area contributed by atoms with E-state index in [1.165, 1.54) is 32.1 Å². The zero-order valence-electron chi connectivity index (χ0n) is 29.6. The first-order valence-corrected chi connectivity index (χ1v) is 20.8. The number of nitrogens with one attached hydrogen (secondary N) is 2. The fourth-order valence-corrected chi connectivity index (χ4v) is 8.84. The van der Waals surface area contributed by atoms with Crippen LogP contribution in [0.25, 0.3) is 0 Å². The first kappa shape index (κ1) is 41.0. The first-order chi connectivity index (χ1) is 22.7. The van der Waals surface area contributed by atoms with Crippen molar-refractivity contribution in [3.05, 3.63) is 47.5 Å². The number of hydrogen-bond donors (Lipinski definition) is 3. The van der Waals surface area contributed by atoms with Crippen molar-refractivity contribution in [2.45, 2.75) is 149 Å². The van der Waals surface area contributed by atoms with Crippen molar-refractivity contribution in [2.24, 2.45) is 17.8 Å². The minimum absolute atomic E-state index is 0.203. The van der Waals surface area contributed by atoms with E-state index in [4.69, 9.17) is 6.42 Å². The average molecular weight is 762 g/mol. The molecule has 0 radical (unpaired) electrons. The Balaban J connectivity index is 2.19. The predicted molar refractivity (Wildman–Crippen MR) is 189 cm³/mol. The Morgan fingerprint density at radius 2 is 1.70 bits per heavy atom. The second-order valence-electron chi connectivity index (χ2n) is 13.5. The van der Waals surface area contributed by atoms with E-state index in [1.54, 1.807) is 0 Å². The van der Waals surface area contributed by atoms with Crippen molar-refractivity contribution in [1.82, 2.24) is 10.6 Å². The van der Waals surface area contributed by atoms with Crippen LogP contribution in [0.5, 0.6) is 0 Å². The number of amides is 2. The van der Waals surface area contributed by atoms with E-state index in [-0.39, 0.29) is 22.0 Å². The van der Waals surface area contributed by atoms with Gasteiger partial charge in [-0.3, -0.25) is 0 Å². The van der Waals surface area contributed by atoms with Crippen molar-refractivity contribution in [2.75, 3.05) is 4.43 Å². The van der Waals surface area contributed by atoms with Crippen LogP contribution in [0.15, 0.2) is 42.0 Å². The molecule has 1 aromatic rings. The fourth-order valence-electron chi connectivity index (χ4n) is 6.57. The molecule has 3 N–H and O–H groups in total. The van der Waals surface area contributed by atoms with Gasteiger partial charge >= 0.3 is 260 Å². The molecule has 0 aliphatic heterocycles. The normalized spacial score (nSPS) is 16.7. The Kier molecular flexibility index (Phi) is 21.0. The molecule has 2 rings (SSSR count). The summed E-state index contributed by atoms with van der Waals surface area (Å²) in [6, 6.07) is 8.62. The number of rotatable bonds is 23. The first-order valence-electron chi connectivity index (χ1n) is 18.2. The van der Waals surface area contributed by atoms with Gasteiger partial charge in [-0.1, -0.05) is 19.3 Å². The molecule has 0 saturated heterocycles. The number of terminal acetylenes is 1. The van der Waals surface area contributed by atoms with Crippen molar-refractivity contribution < 1.29 is 40.7 Å². The third kappa shape index (κ3) is 16.7. The number of benzene rings is 1. The van der Waals surface area contributed by atoms with Gasteiger partial charge in [0.05, 0.1) is 0 Å². The molecule has 2 amide bonds. The van der Waals surface area contributed by atoms with Gasteiger partial charge in [0.1, 0.15) is 0 Å². The van der Waals surface area contributed by atoms with E-state index >= 15 is 0 Å². The molecule has 1 aromatic carbocycles. The number of halogens is 1. The molecular weight excluding hydrogens is 699 g/mol. The second kappa shape index (κ2) is 24.0. The van der Waals surface area contributed by atoms with Gasteiger partial charge in [-0.15, -0.1) is 12.3 Å². The molecule has 0 spiro atoms. The molecule has 0 aromatic heterocycles. The van der Waals surface area contributed by atoms with Crippen LogP contribution in [0.1, 0.15) is 130 Å². The molecule has 47 heavy (non-hydrogen) atoms. The number of unbranched alkanes of at least 4 members (excludes halogenated alkanes) is 1. The number of aliphatic hydroxyl groups excluding tert-OH is 1. The average Bonchev–Trinajstić information content (AvgIpc) is 3.08. The number of carbonyl (C=O) groups excluding carboxylic acids is 3. The summed E-state index contributed by atoms with van der Waals surface area (Å²) >= 11 is -0.650. The standard InChI is InChI=1S/C40H62IN2O4/c1-6-10-13-24-37(44)35(28-33-21-16-12-17-22-33)42-40(47)36(26-30(5)7-2)43-39(46)34(27-32-19-14-11-15-20-32)29-38(45)41-25-18-23-31(8-3)9-4/h1,7,11,14-15,19-20,31,33-37,44H,8-10,12-13,16-18,21-29H2,2-5H3,(H,42,47)(H,43,46)/q-1/b30-7+/t34-,35+,36+,37+/m1/s1. The monoisotopic (exact) mass is 761 g/mol.